The number of ether oxygens (including phenoxy) is 2. The molecule has 0 bridgehead atoms. The smallest absolute Gasteiger partial charge is 0.601 e. The summed E-state index contributed by atoms with van der Waals surface area (Å²) in [6.07, 6.45) is 39.0. The van der Waals surface area contributed by atoms with E-state index in [2.05, 4.69) is 180 Å². The molecule has 8 heterocycles. The summed E-state index contributed by atoms with van der Waals surface area (Å²) in [6, 6.07) is 60.2. The Morgan fingerprint density at radius 1 is 0.318 bits per heavy atom. The molecule has 14 aromatic rings. The van der Waals surface area contributed by atoms with Gasteiger partial charge in [0.25, 0.3) is 23.6 Å². The van der Waals surface area contributed by atoms with E-state index >= 15 is 0 Å². The molecular formula is C106H126N12O12Pd2. The van der Waals surface area contributed by atoms with Crippen LogP contribution in [-0.2, 0) is 95.7 Å². The molecule has 26 heteroatoms. The first-order chi connectivity index (χ1) is 62.3. The Labute approximate surface area is 804 Å². The van der Waals surface area contributed by atoms with E-state index in [0.29, 0.717) is 0 Å². The van der Waals surface area contributed by atoms with Crippen LogP contribution in [0.5, 0.6) is 0 Å². The minimum Gasteiger partial charge on any atom is -0.601 e. The summed E-state index contributed by atoms with van der Waals surface area (Å²) in [4.78, 5) is 96.4. The van der Waals surface area contributed by atoms with Crippen molar-refractivity contribution in [3.8, 4) is 22.7 Å². The van der Waals surface area contributed by atoms with Crippen LogP contribution in [0.2, 0.25) is 0 Å². The van der Waals surface area contributed by atoms with Crippen LogP contribution in [-0.4, -0.2) is 96.5 Å². The second-order valence-electron chi connectivity index (χ2n) is 32.2. The molecular weight excluding hydrogens is 1850 g/mol. The van der Waals surface area contributed by atoms with Gasteiger partial charge in [0.15, 0.2) is 26.2 Å². The Balaban J connectivity index is 0.000000243. The zero-order chi connectivity index (χ0) is 94.3. The third-order valence-electron chi connectivity index (χ3n) is 21.1. The third-order valence-corrected chi connectivity index (χ3v) is 21.1. The molecule has 2 fully saturated rings. The van der Waals surface area contributed by atoms with Crippen LogP contribution in [0.1, 0.15) is 132 Å². The van der Waals surface area contributed by atoms with Crippen molar-refractivity contribution in [2.45, 2.75) is 174 Å². The SMILES string of the molecule is C1CCOC1.C1CCOC1.CCCCCC.Cc1cc(C)c(-[n+]2[c-]n(CC(=O)N(C)c3ccccc3)cc2)c(C)c1.Cc1cc(C)c(-[n+]2[c-]n(CC(=O)N(C)c3ccccc3)cc2)c(C)c1.Cc1cc(C)c(-[n+]2[c-]n(CC(=O)N(C)c3ccccc3)cc2)c(C)c1.Cc1cc(C)c(-[n+]2[c-]n(CC(=O)N(C)c3ccccc3)cc2)c(C)c1.O=c1[cH-][cH-]c(=O)o1.O=c1[cH-][cH-]c(=O)o1.[Pd+2].[Pd+2]. The monoisotopic (exact) mass is 1970 g/mol. The molecule has 6 aromatic heterocycles. The number of furan rings is 2. The van der Waals surface area contributed by atoms with Gasteiger partial charge in [-0.1, -0.05) is 183 Å². The van der Waals surface area contributed by atoms with E-state index in [9.17, 15) is 38.4 Å². The molecule has 2 saturated heterocycles. The number of amides is 4. The summed E-state index contributed by atoms with van der Waals surface area (Å²) in [5.74, 6) is 0.0650. The number of aromatic nitrogens is 8. The zero-order valence-electron chi connectivity index (χ0n) is 79.3. The van der Waals surface area contributed by atoms with Crippen molar-refractivity contribution in [2.75, 3.05) is 74.2 Å². The summed E-state index contributed by atoms with van der Waals surface area (Å²) in [6.45, 7) is 34.7. The van der Waals surface area contributed by atoms with E-state index < -0.39 is 22.5 Å². The normalized spacial score (nSPS) is 11.3. The number of likely N-dealkylation sites (N-methyl/N-ethyl adjacent to an activating group) is 4. The number of aryl methyl sites for hydroxylation is 12. The third kappa shape index (κ3) is 34.7. The number of benzene rings is 8. The summed E-state index contributed by atoms with van der Waals surface area (Å²) >= 11 is 0. The number of anilines is 4. The maximum Gasteiger partial charge on any atom is 2.00 e. The summed E-state index contributed by atoms with van der Waals surface area (Å²) in [5.41, 5.74) is 20.3. The van der Waals surface area contributed by atoms with Crippen molar-refractivity contribution in [2.24, 2.45) is 0 Å². The average molecular weight is 1970 g/mol. The number of unbranched alkanes of at least 4 members (excludes halogenated alkanes) is 3. The fourth-order valence-electron chi connectivity index (χ4n) is 14.8. The van der Waals surface area contributed by atoms with Gasteiger partial charge in [0.1, 0.15) is 0 Å². The van der Waals surface area contributed by atoms with Gasteiger partial charge in [-0.2, -0.15) is 0 Å². The van der Waals surface area contributed by atoms with Crippen molar-refractivity contribution >= 4 is 46.4 Å². The van der Waals surface area contributed by atoms with E-state index in [1.54, 1.807) is 66.1 Å². The summed E-state index contributed by atoms with van der Waals surface area (Å²) < 4.78 is 32.8. The van der Waals surface area contributed by atoms with Crippen LogP contribution in [0.3, 0.4) is 0 Å². The van der Waals surface area contributed by atoms with Gasteiger partial charge in [0, 0.05) is 127 Å². The van der Waals surface area contributed by atoms with Crippen molar-refractivity contribution in [1.29, 1.82) is 0 Å². The van der Waals surface area contributed by atoms with Crippen molar-refractivity contribution in [1.82, 2.24) is 18.3 Å². The molecule has 0 radical (unpaired) electrons. The molecule has 16 rings (SSSR count). The van der Waals surface area contributed by atoms with Crippen molar-refractivity contribution in [3.05, 3.63) is 377 Å². The number of carbonyl (C=O) groups excluding carboxylic acids is 4. The average Bonchev–Trinajstić information content (AvgIpc) is 1.72. The fourth-order valence-corrected chi connectivity index (χ4v) is 14.8. The first-order valence-electron chi connectivity index (χ1n) is 43.9. The molecule has 24 nitrogen and oxygen atoms in total. The van der Waals surface area contributed by atoms with Crippen molar-refractivity contribution < 1.29 is 96.6 Å². The fraction of sp³-hybridized carbons (Fsp3) is 0.321. The molecule has 0 unspecified atom stereocenters. The molecule has 2 aliphatic heterocycles. The number of carbonyl (C=O) groups is 4. The van der Waals surface area contributed by atoms with Crippen LogP contribution < -0.4 is 60.4 Å². The molecule has 0 spiro atoms. The quantitative estimate of drug-likeness (QED) is 0.0319. The first kappa shape index (κ1) is 108. The zero-order valence-corrected chi connectivity index (χ0v) is 82.4. The Morgan fingerprint density at radius 2 is 0.500 bits per heavy atom. The van der Waals surface area contributed by atoms with Gasteiger partial charge in [0.2, 0.25) is 25.3 Å². The maximum absolute atomic E-state index is 12.5. The Kier molecular flexibility index (Phi) is 45.6. The van der Waals surface area contributed by atoms with Crippen LogP contribution in [0, 0.1) is 108 Å². The number of hydrogen-bond acceptors (Lipinski definition) is 12. The second-order valence-corrected chi connectivity index (χ2v) is 32.2. The molecule has 2 aliphatic rings. The molecule has 8 aromatic carbocycles. The number of hydrogen-bond donors (Lipinski definition) is 0. The number of imidazole rings is 4. The minimum absolute atomic E-state index is 0. The molecule has 0 aliphatic carbocycles. The van der Waals surface area contributed by atoms with Crippen LogP contribution in [0.4, 0.5) is 22.7 Å². The van der Waals surface area contributed by atoms with Gasteiger partial charge < -0.3 is 93.6 Å². The van der Waals surface area contributed by atoms with Gasteiger partial charge >= 0.3 is 40.8 Å². The van der Waals surface area contributed by atoms with E-state index in [0.717, 1.165) is 96.2 Å². The number of para-hydroxylation sites is 4. The maximum atomic E-state index is 12.5. The molecule has 4 amide bonds. The summed E-state index contributed by atoms with van der Waals surface area (Å²) in [5, 5.41) is 0. The van der Waals surface area contributed by atoms with Crippen molar-refractivity contribution in [3.63, 3.8) is 0 Å². The van der Waals surface area contributed by atoms with Gasteiger partial charge in [0.05, 0.1) is 45.3 Å². The predicted molar refractivity (Wildman–Crippen MR) is 510 cm³/mol. The largest absolute Gasteiger partial charge is 2.00 e. The topological polar surface area (TPSA) is 229 Å². The van der Waals surface area contributed by atoms with Gasteiger partial charge in [-0.15, -0.1) is 0 Å². The molecule has 0 saturated carbocycles. The van der Waals surface area contributed by atoms with Gasteiger partial charge in [-0.05, 0) is 202 Å². The van der Waals surface area contributed by atoms with Gasteiger partial charge in [-0.25, -0.2) is 0 Å². The molecule has 702 valence electrons. The Morgan fingerprint density at radius 3 is 0.644 bits per heavy atom. The van der Waals surface area contributed by atoms with E-state index in [4.69, 9.17) is 9.47 Å². The minimum atomic E-state index is -0.579. The molecule has 0 atom stereocenters. The van der Waals surface area contributed by atoms with Crippen LogP contribution >= 0.6 is 0 Å². The number of rotatable bonds is 19. The Hall–Kier alpha value is -12.5. The van der Waals surface area contributed by atoms with Crippen LogP contribution in [0.25, 0.3) is 22.7 Å². The standard InChI is InChI=1S/4C21H23N3O.C6H14.2C4H2O3.2C4H8O.2Pd/c4*1-16-12-17(2)21(18(3)13-16)24-11-10-23(15-24)14-20(25)22(4)19-8-6-5-7-9-19;1-3-5-6-4-2;2*5-3-1-2-4(6)7-3;2*1-2-4-5-3-1;;/h4*5-13H,14H2,1-4H3;3-6H2,1-2H3;2*1-2H;2*1-4H2;;/q;;;;;2*-2;;;2*+2. The first-order valence-corrected chi connectivity index (χ1v) is 43.9. The molecule has 0 N–H and O–H groups in total. The summed E-state index contributed by atoms with van der Waals surface area (Å²) in [7, 11) is 7.18. The van der Waals surface area contributed by atoms with E-state index in [-0.39, 0.29) is 90.7 Å². The molecule has 132 heavy (non-hydrogen) atoms. The van der Waals surface area contributed by atoms with E-state index in [1.165, 1.54) is 118 Å². The number of nitrogens with zero attached hydrogens (tertiary/aromatic N) is 12. The predicted octanol–water partition coefficient (Wildman–Crippen LogP) is 15.7. The second kappa shape index (κ2) is 55.6. The van der Waals surface area contributed by atoms with Gasteiger partial charge in [-0.3, -0.25) is 43.4 Å². The van der Waals surface area contributed by atoms with E-state index in [1.807, 2.05) is 189 Å². The van der Waals surface area contributed by atoms with Crippen LogP contribution in [0.15, 0.2) is 272 Å². The Bertz CT molecular complexity index is 5290.